The molecule has 2 bridgehead atoms. The van der Waals surface area contributed by atoms with Gasteiger partial charge in [-0.15, -0.1) is 0 Å². The Kier molecular flexibility index (Phi) is 4.81. The molecule has 1 aromatic carbocycles. The molecule has 0 radical (unpaired) electrons. The summed E-state index contributed by atoms with van der Waals surface area (Å²) in [7, 11) is 3.42. The van der Waals surface area contributed by atoms with E-state index in [1.807, 2.05) is 25.1 Å². The molecule has 6 heteroatoms. The van der Waals surface area contributed by atoms with Gasteiger partial charge in [-0.05, 0) is 18.4 Å². The van der Waals surface area contributed by atoms with Gasteiger partial charge >= 0.3 is 0 Å². The Morgan fingerprint density at radius 3 is 2.52 bits per heavy atom. The normalized spacial score (nSPS) is 46.4. The number of fused-ring (bicyclic) bond motifs is 2. The Balaban J connectivity index is 1.51. The van der Waals surface area contributed by atoms with E-state index in [0.717, 1.165) is 5.56 Å². The van der Waals surface area contributed by atoms with Crippen molar-refractivity contribution in [1.82, 2.24) is 0 Å². The predicted molar refractivity (Wildman–Crippen MR) is 105 cm³/mol. The molecule has 29 heavy (non-hydrogen) atoms. The maximum absolute atomic E-state index is 11.2. The van der Waals surface area contributed by atoms with Gasteiger partial charge in [0.1, 0.15) is 0 Å². The number of hydrogen-bond acceptors (Lipinski definition) is 6. The number of aliphatic hydroxyl groups is 1. The topological polar surface area (TPSA) is 66.4 Å². The second-order valence-electron chi connectivity index (χ2n) is 9.01. The van der Waals surface area contributed by atoms with Crippen LogP contribution in [0.3, 0.4) is 0 Å². The summed E-state index contributed by atoms with van der Waals surface area (Å²) >= 11 is 0. The first-order valence-corrected chi connectivity index (χ1v) is 10.8. The zero-order chi connectivity index (χ0) is 20.4. The molecule has 0 amide bonds. The van der Waals surface area contributed by atoms with Gasteiger partial charge < -0.3 is 28.8 Å². The monoisotopic (exact) mass is 404 g/mol. The number of ether oxygens (including phenoxy) is 5. The van der Waals surface area contributed by atoms with Crippen LogP contribution in [-0.4, -0.2) is 55.8 Å². The standard InChI is InChI=1S/C23H32O6/c1-5-28-22-11-15-16-17(21(22)23(15,25-3)26-4)20(29-22)18(24)13(2)19(16)27-12-14-9-7-6-8-10-14/h6-10,13,15-21,24H,5,11-12H2,1-4H3/t13-,15+,16-,17+,18+,19+,20+,21+,22+/m0/s1. The number of methoxy groups -OCH3 is 2. The third-order valence-electron chi connectivity index (χ3n) is 8.02. The second-order valence-corrected chi connectivity index (χ2v) is 9.01. The Hall–Kier alpha value is -1.02. The van der Waals surface area contributed by atoms with E-state index < -0.39 is 17.7 Å². The van der Waals surface area contributed by atoms with Gasteiger partial charge in [-0.3, -0.25) is 0 Å². The van der Waals surface area contributed by atoms with Crippen LogP contribution in [0.2, 0.25) is 0 Å². The lowest BCUT2D eigenvalue weighted by atomic mass is 9.64. The van der Waals surface area contributed by atoms with Crippen LogP contribution < -0.4 is 0 Å². The summed E-state index contributed by atoms with van der Waals surface area (Å²) in [6.45, 7) is 5.13. The smallest absolute Gasteiger partial charge is 0.179 e. The maximum atomic E-state index is 11.2. The molecule has 0 aromatic heterocycles. The fourth-order valence-corrected chi connectivity index (χ4v) is 7.09. The maximum Gasteiger partial charge on any atom is 0.179 e. The van der Waals surface area contributed by atoms with Gasteiger partial charge in [-0.2, -0.15) is 0 Å². The molecule has 160 valence electrons. The number of rotatable bonds is 7. The molecule has 4 fully saturated rings. The Bertz CT molecular complexity index is 736. The van der Waals surface area contributed by atoms with Crippen molar-refractivity contribution in [2.45, 2.75) is 56.8 Å². The molecule has 5 rings (SSSR count). The zero-order valence-corrected chi connectivity index (χ0v) is 17.6. The molecular weight excluding hydrogens is 372 g/mol. The largest absolute Gasteiger partial charge is 0.390 e. The summed E-state index contributed by atoms with van der Waals surface area (Å²) in [5.41, 5.74) is 1.13. The highest BCUT2D eigenvalue weighted by Crippen LogP contribution is 2.73. The van der Waals surface area contributed by atoms with Crippen molar-refractivity contribution in [2.75, 3.05) is 20.8 Å². The molecule has 0 spiro atoms. The van der Waals surface area contributed by atoms with E-state index in [1.54, 1.807) is 14.2 Å². The molecule has 0 unspecified atom stereocenters. The molecule has 3 aliphatic carbocycles. The minimum atomic E-state index is -0.766. The fraction of sp³-hybridized carbons (Fsp3) is 0.739. The van der Waals surface area contributed by atoms with Gasteiger partial charge in [0.15, 0.2) is 11.6 Å². The molecule has 9 atom stereocenters. The van der Waals surface area contributed by atoms with Gasteiger partial charge in [-0.25, -0.2) is 0 Å². The Labute approximate surface area is 172 Å². The van der Waals surface area contributed by atoms with Crippen LogP contribution in [0.4, 0.5) is 0 Å². The summed E-state index contributed by atoms with van der Waals surface area (Å²) < 4.78 is 31.3. The van der Waals surface area contributed by atoms with E-state index in [9.17, 15) is 5.11 Å². The van der Waals surface area contributed by atoms with Gasteiger partial charge in [0.05, 0.1) is 30.8 Å². The lowest BCUT2D eigenvalue weighted by Gasteiger charge is -2.45. The summed E-state index contributed by atoms with van der Waals surface area (Å²) in [6.07, 6.45) is -0.270. The van der Waals surface area contributed by atoms with Crippen molar-refractivity contribution in [2.24, 2.45) is 29.6 Å². The second kappa shape index (κ2) is 7.01. The number of hydrogen-bond donors (Lipinski definition) is 1. The van der Waals surface area contributed by atoms with Crippen molar-refractivity contribution < 1.29 is 28.8 Å². The molecule has 1 aliphatic heterocycles. The first-order chi connectivity index (χ1) is 14.0. The number of aliphatic hydroxyl groups excluding tert-OH is 1. The summed E-state index contributed by atoms with van der Waals surface area (Å²) in [6, 6.07) is 10.2. The van der Waals surface area contributed by atoms with Gasteiger partial charge in [0.2, 0.25) is 0 Å². The Morgan fingerprint density at radius 1 is 1.14 bits per heavy atom. The van der Waals surface area contributed by atoms with E-state index in [2.05, 4.69) is 19.1 Å². The van der Waals surface area contributed by atoms with Crippen molar-refractivity contribution >= 4 is 0 Å². The minimum Gasteiger partial charge on any atom is -0.390 e. The first-order valence-electron chi connectivity index (χ1n) is 10.8. The van der Waals surface area contributed by atoms with Crippen LogP contribution in [0, 0.1) is 29.6 Å². The summed E-state index contributed by atoms with van der Waals surface area (Å²) in [4.78, 5) is 0. The lowest BCUT2D eigenvalue weighted by Crippen LogP contribution is -2.54. The van der Waals surface area contributed by atoms with Crippen LogP contribution in [0.15, 0.2) is 30.3 Å². The van der Waals surface area contributed by atoms with E-state index in [-0.39, 0.29) is 41.8 Å². The van der Waals surface area contributed by atoms with E-state index in [4.69, 9.17) is 23.7 Å². The highest BCUT2D eigenvalue weighted by molar-refractivity contribution is 5.25. The molecule has 6 nitrogen and oxygen atoms in total. The van der Waals surface area contributed by atoms with Crippen LogP contribution in [0.5, 0.6) is 0 Å². The molecular formula is C23H32O6. The molecule has 1 N–H and O–H groups in total. The quantitative estimate of drug-likeness (QED) is 0.705. The third kappa shape index (κ3) is 2.51. The molecule has 1 aromatic rings. The molecule has 1 saturated heterocycles. The molecule has 3 saturated carbocycles. The van der Waals surface area contributed by atoms with Crippen LogP contribution >= 0.6 is 0 Å². The number of benzene rings is 1. The van der Waals surface area contributed by atoms with E-state index >= 15 is 0 Å². The molecule has 1 heterocycles. The van der Waals surface area contributed by atoms with Crippen LogP contribution in [0.25, 0.3) is 0 Å². The SMILES string of the molecule is CCO[C@]12C[C@@H]3[C@@H]4[C@H](OCc5ccccc5)[C@@H](C)[C@@H](O)[C@H](O1)[C@@H]4[C@H]2C3(OC)OC. The minimum absolute atomic E-state index is 0.0480. The van der Waals surface area contributed by atoms with Crippen molar-refractivity contribution in [1.29, 1.82) is 0 Å². The van der Waals surface area contributed by atoms with E-state index in [0.29, 0.717) is 19.6 Å². The predicted octanol–water partition coefficient (Wildman–Crippen LogP) is 2.59. The zero-order valence-electron chi connectivity index (χ0n) is 17.6. The van der Waals surface area contributed by atoms with E-state index in [1.165, 1.54) is 0 Å². The lowest BCUT2D eigenvalue weighted by molar-refractivity contribution is -0.287. The average Bonchev–Trinajstić information content (AvgIpc) is 3.27. The average molecular weight is 405 g/mol. The molecule has 4 aliphatic rings. The van der Waals surface area contributed by atoms with Crippen molar-refractivity contribution in [3.63, 3.8) is 0 Å². The third-order valence-corrected chi connectivity index (χ3v) is 8.02. The fourth-order valence-electron chi connectivity index (χ4n) is 7.09. The first kappa shape index (κ1) is 19.9. The Morgan fingerprint density at radius 2 is 1.86 bits per heavy atom. The van der Waals surface area contributed by atoms with Crippen molar-refractivity contribution in [3.05, 3.63) is 35.9 Å². The highest BCUT2D eigenvalue weighted by Gasteiger charge is 2.83. The summed E-state index contributed by atoms with van der Waals surface area (Å²) in [5.74, 6) is -1.25. The van der Waals surface area contributed by atoms with Gasteiger partial charge in [0.25, 0.3) is 0 Å². The van der Waals surface area contributed by atoms with Crippen LogP contribution in [-0.2, 0) is 30.3 Å². The van der Waals surface area contributed by atoms with Gasteiger partial charge in [-0.1, -0.05) is 37.3 Å². The van der Waals surface area contributed by atoms with Crippen molar-refractivity contribution in [3.8, 4) is 0 Å². The summed E-state index contributed by atoms with van der Waals surface area (Å²) in [5, 5.41) is 11.2. The van der Waals surface area contributed by atoms with Crippen LogP contribution in [0.1, 0.15) is 25.8 Å². The highest BCUT2D eigenvalue weighted by atomic mass is 16.7. The van der Waals surface area contributed by atoms with Gasteiger partial charge in [0, 0.05) is 45.0 Å².